The number of aliphatic hydroxyl groups excluding tert-OH is 2. The largest absolute Gasteiger partial charge is 0.467 e. The molecule has 2 unspecified atom stereocenters. The summed E-state index contributed by atoms with van der Waals surface area (Å²) in [5.41, 5.74) is 1.01. The summed E-state index contributed by atoms with van der Waals surface area (Å²) in [5.74, 6) is -0.877. The highest BCUT2D eigenvalue weighted by molar-refractivity contribution is 5.82. The average Bonchev–Trinajstić information content (AvgIpc) is 2.83. The maximum absolute atomic E-state index is 11.1. The number of aromatic amines is 1. The molecule has 2 atom stereocenters. The summed E-state index contributed by atoms with van der Waals surface area (Å²) >= 11 is 0. The van der Waals surface area contributed by atoms with E-state index < -0.39 is 18.2 Å². The number of pyridine rings is 1. The van der Waals surface area contributed by atoms with E-state index in [4.69, 9.17) is 0 Å². The van der Waals surface area contributed by atoms with Gasteiger partial charge in [0.15, 0.2) is 6.10 Å². The van der Waals surface area contributed by atoms with E-state index in [0.29, 0.717) is 16.6 Å². The van der Waals surface area contributed by atoms with E-state index in [-0.39, 0.29) is 0 Å². The summed E-state index contributed by atoms with van der Waals surface area (Å²) in [6, 6.07) is 3.26. The second-order valence-corrected chi connectivity index (χ2v) is 3.55. The second-order valence-electron chi connectivity index (χ2n) is 3.55. The van der Waals surface area contributed by atoms with Gasteiger partial charge in [0.1, 0.15) is 11.8 Å². The van der Waals surface area contributed by atoms with Gasteiger partial charge in [0.25, 0.3) is 0 Å². The normalized spacial score (nSPS) is 14.5. The van der Waals surface area contributed by atoms with Crippen molar-refractivity contribution in [1.29, 1.82) is 0 Å². The molecule has 0 aliphatic heterocycles. The van der Waals surface area contributed by atoms with Gasteiger partial charge in [-0.25, -0.2) is 9.78 Å². The smallest absolute Gasteiger partial charge is 0.337 e. The third-order valence-corrected chi connectivity index (χ3v) is 2.55. The van der Waals surface area contributed by atoms with Crippen molar-refractivity contribution >= 4 is 17.0 Å². The third kappa shape index (κ3) is 2.00. The van der Waals surface area contributed by atoms with Gasteiger partial charge in [-0.3, -0.25) is 0 Å². The molecule has 2 aromatic rings. The minimum Gasteiger partial charge on any atom is -0.467 e. The molecule has 0 aromatic carbocycles. The van der Waals surface area contributed by atoms with Gasteiger partial charge >= 0.3 is 5.97 Å². The Balaban J connectivity index is 2.39. The number of ether oxygens (including phenoxy) is 1. The molecule has 0 fully saturated rings. The van der Waals surface area contributed by atoms with Crippen LogP contribution in [0, 0.1) is 0 Å². The first-order valence-corrected chi connectivity index (χ1v) is 5.01. The Morgan fingerprint density at radius 2 is 2.24 bits per heavy atom. The zero-order valence-corrected chi connectivity index (χ0v) is 9.12. The number of carbonyl (C=O) groups excluding carboxylic acids is 1. The van der Waals surface area contributed by atoms with Crippen LogP contribution in [0.1, 0.15) is 11.7 Å². The van der Waals surface area contributed by atoms with Crippen molar-refractivity contribution in [2.45, 2.75) is 12.2 Å². The molecule has 2 heterocycles. The highest BCUT2D eigenvalue weighted by Crippen LogP contribution is 2.24. The maximum Gasteiger partial charge on any atom is 0.337 e. The van der Waals surface area contributed by atoms with Gasteiger partial charge in [-0.05, 0) is 17.7 Å². The van der Waals surface area contributed by atoms with Gasteiger partial charge in [-0.1, -0.05) is 0 Å². The van der Waals surface area contributed by atoms with Gasteiger partial charge in [-0.2, -0.15) is 0 Å². The van der Waals surface area contributed by atoms with Crippen LogP contribution < -0.4 is 0 Å². The summed E-state index contributed by atoms with van der Waals surface area (Å²) in [6.07, 6.45) is 0.198. The molecule has 0 aliphatic rings. The minimum absolute atomic E-state index is 0.425. The molecule has 90 valence electrons. The van der Waals surface area contributed by atoms with Crippen molar-refractivity contribution in [2.75, 3.05) is 7.11 Å². The first kappa shape index (κ1) is 11.6. The standard InChI is InChI=1S/C11H12N2O4/c1-17-11(16)9(15)8(14)6-2-4-12-10-7(6)3-5-13-10/h2-5,8-9,14-15H,1H3,(H,12,13). The fourth-order valence-corrected chi connectivity index (χ4v) is 1.66. The van der Waals surface area contributed by atoms with Crippen molar-refractivity contribution in [3.8, 4) is 0 Å². The van der Waals surface area contributed by atoms with E-state index in [1.54, 1.807) is 18.3 Å². The number of methoxy groups -OCH3 is 1. The number of nitrogens with one attached hydrogen (secondary N) is 1. The van der Waals surface area contributed by atoms with E-state index >= 15 is 0 Å². The average molecular weight is 236 g/mol. The number of aromatic nitrogens is 2. The van der Waals surface area contributed by atoms with Crippen LogP contribution in [-0.4, -0.2) is 39.4 Å². The number of nitrogens with zero attached hydrogens (tertiary/aromatic N) is 1. The Bertz CT molecular complexity index is 537. The van der Waals surface area contributed by atoms with E-state index in [0.717, 1.165) is 7.11 Å². The van der Waals surface area contributed by atoms with Crippen LogP contribution in [0.4, 0.5) is 0 Å². The molecular weight excluding hydrogens is 224 g/mol. The Morgan fingerprint density at radius 1 is 1.47 bits per heavy atom. The zero-order valence-electron chi connectivity index (χ0n) is 9.12. The van der Waals surface area contributed by atoms with Crippen LogP contribution in [0.5, 0.6) is 0 Å². The zero-order chi connectivity index (χ0) is 12.4. The SMILES string of the molecule is COC(=O)C(O)C(O)c1ccnc2[nH]ccc12. The highest BCUT2D eigenvalue weighted by Gasteiger charge is 2.27. The minimum atomic E-state index is -1.61. The number of rotatable bonds is 3. The molecule has 3 N–H and O–H groups in total. The van der Waals surface area contributed by atoms with Crippen molar-refractivity contribution in [1.82, 2.24) is 9.97 Å². The molecule has 17 heavy (non-hydrogen) atoms. The quantitative estimate of drug-likeness (QED) is 0.658. The van der Waals surface area contributed by atoms with Gasteiger partial charge in [-0.15, -0.1) is 0 Å². The van der Waals surface area contributed by atoms with Gasteiger partial charge in [0.05, 0.1) is 7.11 Å². The van der Waals surface area contributed by atoms with Crippen LogP contribution in [0.3, 0.4) is 0 Å². The van der Waals surface area contributed by atoms with E-state index in [2.05, 4.69) is 14.7 Å². The molecule has 0 spiro atoms. The van der Waals surface area contributed by atoms with Gasteiger partial charge < -0.3 is 19.9 Å². The number of fused-ring (bicyclic) bond motifs is 1. The Kier molecular flexibility index (Phi) is 3.08. The van der Waals surface area contributed by atoms with Crippen molar-refractivity contribution in [2.24, 2.45) is 0 Å². The Hall–Kier alpha value is -1.92. The number of hydrogen-bond acceptors (Lipinski definition) is 5. The fraction of sp³-hybridized carbons (Fsp3) is 0.273. The monoisotopic (exact) mass is 236 g/mol. The molecule has 0 aliphatic carbocycles. The molecule has 0 saturated heterocycles. The molecular formula is C11H12N2O4. The van der Waals surface area contributed by atoms with Crippen LogP contribution >= 0.6 is 0 Å². The van der Waals surface area contributed by atoms with Crippen LogP contribution in [0.25, 0.3) is 11.0 Å². The lowest BCUT2D eigenvalue weighted by molar-refractivity contribution is -0.156. The lowest BCUT2D eigenvalue weighted by Crippen LogP contribution is -2.29. The van der Waals surface area contributed by atoms with Crippen molar-refractivity contribution < 1.29 is 19.7 Å². The second kappa shape index (κ2) is 4.52. The summed E-state index contributed by atoms with van der Waals surface area (Å²) < 4.78 is 4.38. The summed E-state index contributed by atoms with van der Waals surface area (Å²) in [4.78, 5) is 18.1. The van der Waals surface area contributed by atoms with Gasteiger partial charge in [0.2, 0.25) is 0 Å². The first-order valence-electron chi connectivity index (χ1n) is 5.01. The predicted octanol–water partition coefficient (Wildman–Crippen LogP) is 0.130. The summed E-state index contributed by atoms with van der Waals surface area (Å²) in [7, 11) is 1.15. The number of aliphatic hydroxyl groups is 2. The number of hydrogen-bond donors (Lipinski definition) is 3. The third-order valence-electron chi connectivity index (χ3n) is 2.55. The Labute approximate surface area is 96.9 Å². The molecule has 2 rings (SSSR count). The first-order chi connectivity index (χ1) is 8.15. The molecule has 2 aromatic heterocycles. The summed E-state index contributed by atoms with van der Waals surface area (Å²) in [5, 5.41) is 20.2. The molecule has 6 nitrogen and oxygen atoms in total. The lowest BCUT2D eigenvalue weighted by atomic mass is 10.0. The van der Waals surface area contributed by atoms with Crippen LogP contribution in [0.15, 0.2) is 24.5 Å². The van der Waals surface area contributed by atoms with Gasteiger partial charge in [0, 0.05) is 17.8 Å². The number of carbonyl (C=O) groups is 1. The molecule has 0 amide bonds. The molecule has 0 bridgehead atoms. The topological polar surface area (TPSA) is 95.4 Å². The highest BCUT2D eigenvalue weighted by atomic mass is 16.5. The van der Waals surface area contributed by atoms with Crippen molar-refractivity contribution in [3.05, 3.63) is 30.1 Å². The molecule has 6 heteroatoms. The summed E-state index contributed by atoms with van der Waals surface area (Å²) in [6.45, 7) is 0. The predicted molar refractivity (Wildman–Crippen MR) is 59.1 cm³/mol. The van der Waals surface area contributed by atoms with E-state index in [1.165, 1.54) is 6.20 Å². The maximum atomic E-state index is 11.1. The molecule has 0 radical (unpaired) electrons. The fourth-order valence-electron chi connectivity index (χ4n) is 1.66. The van der Waals surface area contributed by atoms with E-state index in [9.17, 15) is 15.0 Å². The lowest BCUT2D eigenvalue weighted by Gasteiger charge is -2.16. The molecule has 0 saturated carbocycles. The van der Waals surface area contributed by atoms with Crippen LogP contribution in [0.2, 0.25) is 0 Å². The van der Waals surface area contributed by atoms with Crippen molar-refractivity contribution in [3.63, 3.8) is 0 Å². The van der Waals surface area contributed by atoms with E-state index in [1.807, 2.05) is 0 Å². The van der Waals surface area contributed by atoms with Crippen LogP contribution in [-0.2, 0) is 9.53 Å². The number of esters is 1. The Morgan fingerprint density at radius 3 is 2.94 bits per heavy atom. The number of H-pyrrole nitrogens is 1.